The number of nitrogens with zero attached hydrogens (tertiary/aromatic N) is 3. The predicted octanol–water partition coefficient (Wildman–Crippen LogP) is 2.70. The summed E-state index contributed by atoms with van der Waals surface area (Å²) < 4.78 is 1.87. The number of aromatic nitrogens is 3. The van der Waals surface area contributed by atoms with E-state index in [2.05, 4.69) is 33.0 Å². The van der Waals surface area contributed by atoms with Crippen LogP contribution in [0, 0.1) is 0 Å². The normalized spacial score (nSPS) is 13.7. The number of carbonyl (C=O) groups is 1. The molecule has 3 aromatic rings. The van der Waals surface area contributed by atoms with E-state index in [4.69, 9.17) is 0 Å². The molecule has 1 aliphatic heterocycles. The molecule has 0 unspecified atom stereocenters. The molecule has 1 aromatic heterocycles. The average molecular weight is 361 g/mol. The van der Waals surface area contributed by atoms with Gasteiger partial charge in [0.25, 0.3) is 0 Å². The van der Waals surface area contributed by atoms with Gasteiger partial charge >= 0.3 is 0 Å². The molecular formula is C21H23N5O. The zero-order valence-electron chi connectivity index (χ0n) is 15.4. The van der Waals surface area contributed by atoms with E-state index in [1.165, 1.54) is 11.1 Å². The summed E-state index contributed by atoms with van der Waals surface area (Å²) in [4.78, 5) is 12.5. The first-order valence-electron chi connectivity index (χ1n) is 9.27. The van der Waals surface area contributed by atoms with Crippen LogP contribution >= 0.6 is 0 Å². The third-order valence-electron chi connectivity index (χ3n) is 4.92. The van der Waals surface area contributed by atoms with Crippen molar-refractivity contribution in [2.45, 2.75) is 25.8 Å². The standard InChI is InChI=1S/C21H23N5O/c1-26-19(24-25-21(26)16-6-3-2-4-7-16)13-20(27)23-18-10-9-15-8-5-11-22-14-17(15)12-18/h2-4,6-7,9-10,12,22H,5,8,11,13-14H2,1H3,(H,23,27). The Bertz CT molecular complexity index is 948. The van der Waals surface area contributed by atoms with Crippen LogP contribution in [0.1, 0.15) is 23.4 Å². The van der Waals surface area contributed by atoms with Gasteiger partial charge in [0.2, 0.25) is 5.91 Å². The minimum absolute atomic E-state index is 0.0911. The highest BCUT2D eigenvalue weighted by atomic mass is 16.1. The maximum Gasteiger partial charge on any atom is 0.232 e. The van der Waals surface area contributed by atoms with Gasteiger partial charge in [-0.2, -0.15) is 0 Å². The van der Waals surface area contributed by atoms with Crippen molar-refractivity contribution >= 4 is 11.6 Å². The first-order chi connectivity index (χ1) is 13.2. The molecule has 27 heavy (non-hydrogen) atoms. The smallest absolute Gasteiger partial charge is 0.232 e. The highest BCUT2D eigenvalue weighted by molar-refractivity contribution is 5.92. The third-order valence-corrected chi connectivity index (χ3v) is 4.92. The Morgan fingerprint density at radius 3 is 2.85 bits per heavy atom. The minimum atomic E-state index is -0.0911. The van der Waals surface area contributed by atoms with Crippen molar-refractivity contribution in [1.82, 2.24) is 20.1 Å². The van der Waals surface area contributed by atoms with Crippen molar-refractivity contribution in [1.29, 1.82) is 0 Å². The Morgan fingerprint density at radius 2 is 2.00 bits per heavy atom. The Balaban J connectivity index is 1.46. The number of benzene rings is 2. The van der Waals surface area contributed by atoms with Gasteiger partial charge in [-0.1, -0.05) is 36.4 Å². The summed E-state index contributed by atoms with van der Waals surface area (Å²) in [5.41, 5.74) is 4.43. The Kier molecular flexibility index (Phi) is 4.98. The zero-order valence-corrected chi connectivity index (χ0v) is 15.4. The molecule has 4 rings (SSSR count). The van der Waals surface area contributed by atoms with E-state index in [1.807, 2.05) is 48.0 Å². The molecule has 0 atom stereocenters. The van der Waals surface area contributed by atoms with E-state index in [0.717, 1.165) is 43.0 Å². The van der Waals surface area contributed by atoms with Crippen LogP contribution in [0.15, 0.2) is 48.5 Å². The highest BCUT2D eigenvalue weighted by Gasteiger charge is 2.15. The highest BCUT2D eigenvalue weighted by Crippen LogP contribution is 2.20. The van der Waals surface area contributed by atoms with E-state index >= 15 is 0 Å². The maximum absolute atomic E-state index is 12.5. The van der Waals surface area contributed by atoms with Crippen LogP contribution in [0.25, 0.3) is 11.4 Å². The number of rotatable bonds is 4. The predicted molar refractivity (Wildman–Crippen MR) is 105 cm³/mol. The lowest BCUT2D eigenvalue weighted by molar-refractivity contribution is -0.115. The molecule has 6 heteroatoms. The topological polar surface area (TPSA) is 71.8 Å². The van der Waals surface area contributed by atoms with Crippen LogP contribution in [0.2, 0.25) is 0 Å². The number of carbonyl (C=O) groups excluding carboxylic acids is 1. The Hall–Kier alpha value is -2.99. The van der Waals surface area contributed by atoms with E-state index in [1.54, 1.807) is 0 Å². The fourth-order valence-electron chi connectivity index (χ4n) is 3.44. The lowest BCUT2D eigenvalue weighted by Gasteiger charge is -2.10. The third kappa shape index (κ3) is 3.90. The molecule has 2 aromatic carbocycles. The molecule has 0 bridgehead atoms. The summed E-state index contributed by atoms with van der Waals surface area (Å²) in [6.45, 7) is 1.88. The SMILES string of the molecule is Cn1c(CC(=O)Nc2ccc3c(c2)CNCCC3)nnc1-c1ccccc1. The Labute approximate surface area is 158 Å². The Morgan fingerprint density at radius 1 is 1.15 bits per heavy atom. The van der Waals surface area contributed by atoms with Gasteiger partial charge in [0.05, 0.1) is 6.42 Å². The lowest BCUT2D eigenvalue weighted by Crippen LogP contribution is -2.17. The van der Waals surface area contributed by atoms with Gasteiger partial charge in [0.1, 0.15) is 5.82 Å². The number of hydrogen-bond acceptors (Lipinski definition) is 4. The van der Waals surface area contributed by atoms with E-state index < -0.39 is 0 Å². The first-order valence-corrected chi connectivity index (χ1v) is 9.27. The van der Waals surface area contributed by atoms with Crippen molar-refractivity contribution in [2.24, 2.45) is 7.05 Å². The van der Waals surface area contributed by atoms with Crippen molar-refractivity contribution in [2.75, 3.05) is 11.9 Å². The van der Waals surface area contributed by atoms with Gasteiger partial charge in [-0.3, -0.25) is 4.79 Å². The van der Waals surface area contributed by atoms with Gasteiger partial charge < -0.3 is 15.2 Å². The summed E-state index contributed by atoms with van der Waals surface area (Å²) in [5.74, 6) is 1.31. The van der Waals surface area contributed by atoms with Gasteiger partial charge in [-0.25, -0.2) is 0 Å². The van der Waals surface area contributed by atoms with Crippen LogP contribution in [0.3, 0.4) is 0 Å². The molecular weight excluding hydrogens is 338 g/mol. The molecule has 1 aliphatic rings. The molecule has 138 valence electrons. The fourth-order valence-corrected chi connectivity index (χ4v) is 3.44. The first kappa shape index (κ1) is 17.4. The van der Waals surface area contributed by atoms with E-state index in [-0.39, 0.29) is 12.3 Å². The summed E-state index contributed by atoms with van der Waals surface area (Å²) in [7, 11) is 1.89. The van der Waals surface area contributed by atoms with Gasteiger partial charge in [0, 0.05) is 24.8 Å². The summed E-state index contributed by atoms with van der Waals surface area (Å²) in [6, 6.07) is 16.0. The number of hydrogen-bond donors (Lipinski definition) is 2. The number of amides is 1. The molecule has 0 spiro atoms. The summed E-state index contributed by atoms with van der Waals surface area (Å²) >= 11 is 0. The quantitative estimate of drug-likeness (QED) is 0.749. The molecule has 0 radical (unpaired) electrons. The molecule has 0 aliphatic carbocycles. The number of nitrogens with one attached hydrogen (secondary N) is 2. The van der Waals surface area contributed by atoms with Crippen molar-refractivity contribution in [3.8, 4) is 11.4 Å². The second kappa shape index (κ2) is 7.72. The summed E-state index contributed by atoms with van der Waals surface area (Å²) in [5, 5.41) is 14.8. The molecule has 0 fully saturated rings. The second-order valence-electron chi connectivity index (χ2n) is 6.85. The summed E-state index contributed by atoms with van der Waals surface area (Å²) in [6.07, 6.45) is 2.41. The van der Waals surface area contributed by atoms with Crippen molar-refractivity contribution < 1.29 is 4.79 Å². The largest absolute Gasteiger partial charge is 0.326 e. The molecule has 0 saturated carbocycles. The number of fused-ring (bicyclic) bond motifs is 1. The van der Waals surface area contributed by atoms with E-state index in [9.17, 15) is 4.79 Å². The minimum Gasteiger partial charge on any atom is -0.326 e. The number of anilines is 1. The molecule has 0 saturated heterocycles. The molecule has 2 heterocycles. The van der Waals surface area contributed by atoms with Crippen LogP contribution in [0.4, 0.5) is 5.69 Å². The van der Waals surface area contributed by atoms with Gasteiger partial charge in [-0.15, -0.1) is 10.2 Å². The average Bonchev–Trinajstić information content (AvgIpc) is 2.89. The van der Waals surface area contributed by atoms with Gasteiger partial charge in [0.15, 0.2) is 5.82 Å². The monoisotopic (exact) mass is 361 g/mol. The van der Waals surface area contributed by atoms with Gasteiger partial charge in [-0.05, 0) is 42.6 Å². The molecule has 6 nitrogen and oxygen atoms in total. The number of aryl methyl sites for hydroxylation is 1. The van der Waals surface area contributed by atoms with Crippen LogP contribution in [0.5, 0.6) is 0 Å². The van der Waals surface area contributed by atoms with E-state index in [0.29, 0.717) is 5.82 Å². The second-order valence-corrected chi connectivity index (χ2v) is 6.85. The van der Waals surface area contributed by atoms with Crippen molar-refractivity contribution in [3.63, 3.8) is 0 Å². The lowest BCUT2D eigenvalue weighted by atomic mass is 10.0. The zero-order chi connectivity index (χ0) is 18.6. The van der Waals surface area contributed by atoms with Crippen LogP contribution < -0.4 is 10.6 Å². The fraction of sp³-hybridized carbons (Fsp3) is 0.286. The van der Waals surface area contributed by atoms with Crippen LogP contribution in [-0.4, -0.2) is 27.2 Å². The van der Waals surface area contributed by atoms with Crippen LogP contribution in [-0.2, 0) is 31.2 Å². The van der Waals surface area contributed by atoms with Crippen molar-refractivity contribution in [3.05, 3.63) is 65.5 Å². The maximum atomic E-state index is 12.5. The molecule has 1 amide bonds. The molecule has 2 N–H and O–H groups in total.